The van der Waals surface area contributed by atoms with Crippen molar-refractivity contribution in [2.45, 2.75) is 57.8 Å². The smallest absolute Gasteiger partial charge is 0.232 e. The summed E-state index contributed by atoms with van der Waals surface area (Å²) in [6.07, 6.45) is -0.121. The van der Waals surface area contributed by atoms with E-state index in [-0.39, 0.29) is 0 Å². The van der Waals surface area contributed by atoms with Crippen molar-refractivity contribution in [1.82, 2.24) is 9.97 Å². The predicted octanol–water partition coefficient (Wildman–Crippen LogP) is 7.19. The number of benzene rings is 4. The molecule has 1 aliphatic rings. The third kappa shape index (κ3) is 8.41. The number of hydrogen-bond donors (Lipinski definition) is 0. The molecule has 2 heterocycles. The van der Waals surface area contributed by atoms with E-state index in [4.69, 9.17) is 33.7 Å². The van der Waals surface area contributed by atoms with Crippen LogP contribution in [0.15, 0.2) is 128 Å². The molecule has 5 aromatic rings. The van der Waals surface area contributed by atoms with E-state index >= 15 is 0 Å². The summed E-state index contributed by atoms with van der Waals surface area (Å²) in [4.78, 5) is 9.54. The third-order valence-corrected chi connectivity index (χ3v) is 7.74. The van der Waals surface area contributed by atoms with Crippen LogP contribution in [0, 0.1) is 6.92 Å². The summed E-state index contributed by atoms with van der Waals surface area (Å²) in [7, 11) is 0. The Hall–Kier alpha value is -4.40. The van der Waals surface area contributed by atoms with Crippen molar-refractivity contribution < 1.29 is 23.7 Å². The second-order valence-corrected chi connectivity index (χ2v) is 11.1. The minimum absolute atomic E-state index is 0.334. The van der Waals surface area contributed by atoms with Crippen molar-refractivity contribution >= 4 is 0 Å². The summed E-state index contributed by atoms with van der Waals surface area (Å²) in [5.74, 6) is 0.458. The molecule has 1 saturated heterocycles. The van der Waals surface area contributed by atoms with E-state index in [1.165, 1.54) is 0 Å². The summed E-state index contributed by atoms with van der Waals surface area (Å²) < 4.78 is 32.1. The molecule has 4 unspecified atom stereocenters. The van der Waals surface area contributed by atoms with Crippen LogP contribution < -0.4 is 4.74 Å². The maximum absolute atomic E-state index is 6.72. The molecule has 7 nitrogen and oxygen atoms in total. The van der Waals surface area contributed by atoms with Gasteiger partial charge in [-0.15, -0.1) is 0 Å². The van der Waals surface area contributed by atoms with Crippen LogP contribution in [0.3, 0.4) is 0 Å². The molecule has 230 valence electrons. The van der Waals surface area contributed by atoms with Crippen molar-refractivity contribution in [3.8, 4) is 5.88 Å². The third-order valence-electron chi connectivity index (χ3n) is 7.74. The highest BCUT2D eigenvalue weighted by Crippen LogP contribution is 2.39. The normalized spacial score (nSPS) is 19.4. The van der Waals surface area contributed by atoms with Gasteiger partial charge in [-0.2, -0.15) is 0 Å². The van der Waals surface area contributed by atoms with Gasteiger partial charge in [-0.25, -0.2) is 4.98 Å². The number of aryl methyl sites for hydroxylation is 1. The number of hydrogen-bond acceptors (Lipinski definition) is 7. The fraction of sp³-hybridized carbons (Fsp3) is 0.263. The SMILES string of the molecule is Cc1nc(OCc2ccccc2)cnc1C1OC(COCc2ccccc2)C(OCc2ccccc2)C1OCc1ccccc1. The van der Waals surface area contributed by atoms with Crippen molar-refractivity contribution in [2.75, 3.05) is 6.61 Å². The molecule has 0 spiro atoms. The number of aromatic nitrogens is 2. The quantitative estimate of drug-likeness (QED) is 0.133. The van der Waals surface area contributed by atoms with Crippen LogP contribution in [-0.2, 0) is 45.4 Å². The summed E-state index contributed by atoms with van der Waals surface area (Å²) >= 11 is 0. The van der Waals surface area contributed by atoms with E-state index in [1.54, 1.807) is 6.20 Å². The highest BCUT2D eigenvalue weighted by molar-refractivity contribution is 5.23. The predicted molar refractivity (Wildman–Crippen MR) is 171 cm³/mol. The molecule has 45 heavy (non-hydrogen) atoms. The van der Waals surface area contributed by atoms with E-state index < -0.39 is 24.4 Å². The Morgan fingerprint density at radius 3 is 1.62 bits per heavy atom. The molecule has 0 saturated carbocycles. The molecule has 1 aromatic heterocycles. The van der Waals surface area contributed by atoms with E-state index in [0.717, 1.165) is 22.3 Å². The molecule has 1 fully saturated rings. The maximum atomic E-state index is 6.72. The van der Waals surface area contributed by atoms with Crippen LogP contribution in [0.2, 0.25) is 0 Å². The number of rotatable bonds is 14. The van der Waals surface area contributed by atoms with Gasteiger partial charge in [-0.1, -0.05) is 121 Å². The Morgan fingerprint density at radius 1 is 0.600 bits per heavy atom. The summed E-state index contributed by atoms with van der Waals surface area (Å²) in [5, 5.41) is 0. The molecule has 0 amide bonds. The monoisotopic (exact) mass is 602 g/mol. The standard InChI is InChI=1S/C38H38N2O5/c1-28-35(39-22-34(40-28)42-24-30-16-8-3-9-17-30)37-38(44-26-32-20-12-5-13-21-32)36(43-25-31-18-10-4-11-19-31)33(45-37)27-41-23-29-14-6-2-7-15-29/h2-22,33,36-38H,23-27H2,1H3. The van der Waals surface area contributed by atoms with Gasteiger partial charge < -0.3 is 23.7 Å². The Morgan fingerprint density at radius 2 is 1.09 bits per heavy atom. The van der Waals surface area contributed by atoms with Crippen LogP contribution in [0.1, 0.15) is 39.7 Å². The summed E-state index contributed by atoms with van der Waals surface area (Å²) in [5.41, 5.74) is 5.70. The number of ether oxygens (including phenoxy) is 5. The molecule has 0 aliphatic carbocycles. The van der Waals surface area contributed by atoms with Gasteiger partial charge in [0.15, 0.2) is 0 Å². The fourth-order valence-electron chi connectivity index (χ4n) is 5.42. The Kier molecular flexibility index (Phi) is 10.6. The molecule has 0 bridgehead atoms. The maximum Gasteiger partial charge on any atom is 0.232 e. The van der Waals surface area contributed by atoms with Gasteiger partial charge in [0.05, 0.1) is 44.0 Å². The van der Waals surface area contributed by atoms with Crippen LogP contribution in [0.25, 0.3) is 0 Å². The Bertz CT molecular complexity index is 1590. The molecule has 4 aromatic carbocycles. The zero-order valence-electron chi connectivity index (χ0n) is 25.4. The van der Waals surface area contributed by atoms with E-state index in [2.05, 4.69) is 24.3 Å². The lowest BCUT2D eigenvalue weighted by Crippen LogP contribution is -2.38. The first-order chi connectivity index (χ1) is 22.2. The van der Waals surface area contributed by atoms with Crippen molar-refractivity contribution in [1.29, 1.82) is 0 Å². The molecular formula is C38H38N2O5. The highest BCUT2D eigenvalue weighted by Gasteiger charge is 2.48. The Balaban J connectivity index is 1.24. The molecule has 7 heteroatoms. The molecule has 4 atom stereocenters. The summed E-state index contributed by atoms with van der Waals surface area (Å²) in [6, 6.07) is 40.4. The number of nitrogens with zero attached hydrogens (tertiary/aromatic N) is 2. The minimum Gasteiger partial charge on any atom is -0.472 e. The van der Waals surface area contributed by atoms with Gasteiger partial charge >= 0.3 is 0 Å². The van der Waals surface area contributed by atoms with E-state index in [9.17, 15) is 0 Å². The summed E-state index contributed by atoms with van der Waals surface area (Å²) in [6.45, 7) is 3.96. The molecule has 0 radical (unpaired) electrons. The van der Waals surface area contributed by atoms with Crippen LogP contribution in [-0.4, -0.2) is 34.9 Å². The van der Waals surface area contributed by atoms with Gasteiger partial charge in [-0.3, -0.25) is 4.98 Å². The molecule has 0 N–H and O–H groups in total. The van der Waals surface area contributed by atoms with Gasteiger partial charge in [0.25, 0.3) is 0 Å². The highest BCUT2D eigenvalue weighted by atomic mass is 16.6. The molecule has 1 aliphatic heterocycles. The first-order valence-electron chi connectivity index (χ1n) is 15.3. The van der Waals surface area contributed by atoms with Gasteiger partial charge in [0.1, 0.15) is 31.0 Å². The van der Waals surface area contributed by atoms with Crippen LogP contribution in [0.5, 0.6) is 5.88 Å². The lowest BCUT2D eigenvalue weighted by molar-refractivity contribution is -0.0898. The molecular weight excluding hydrogens is 564 g/mol. The Labute approximate surface area is 264 Å². The lowest BCUT2D eigenvalue weighted by Gasteiger charge is -2.25. The van der Waals surface area contributed by atoms with Crippen LogP contribution in [0.4, 0.5) is 0 Å². The van der Waals surface area contributed by atoms with Crippen molar-refractivity contribution in [3.05, 3.63) is 161 Å². The minimum atomic E-state index is -0.518. The van der Waals surface area contributed by atoms with Gasteiger partial charge in [0, 0.05) is 0 Å². The van der Waals surface area contributed by atoms with E-state index in [0.29, 0.717) is 50.3 Å². The molecule has 6 rings (SSSR count). The van der Waals surface area contributed by atoms with Crippen molar-refractivity contribution in [3.63, 3.8) is 0 Å². The second-order valence-electron chi connectivity index (χ2n) is 11.1. The average molecular weight is 603 g/mol. The fourth-order valence-corrected chi connectivity index (χ4v) is 5.42. The lowest BCUT2D eigenvalue weighted by atomic mass is 10.0. The van der Waals surface area contributed by atoms with Crippen molar-refractivity contribution in [2.24, 2.45) is 0 Å². The second kappa shape index (κ2) is 15.5. The first kappa shape index (κ1) is 30.6. The zero-order valence-corrected chi connectivity index (χ0v) is 25.4. The zero-order chi connectivity index (χ0) is 30.7. The van der Waals surface area contributed by atoms with Gasteiger partial charge in [-0.05, 0) is 29.2 Å². The topological polar surface area (TPSA) is 71.9 Å². The van der Waals surface area contributed by atoms with E-state index in [1.807, 2.05) is 104 Å². The average Bonchev–Trinajstić information content (AvgIpc) is 3.43. The largest absolute Gasteiger partial charge is 0.472 e. The first-order valence-corrected chi connectivity index (χ1v) is 15.3. The van der Waals surface area contributed by atoms with Gasteiger partial charge in [0.2, 0.25) is 5.88 Å². The van der Waals surface area contributed by atoms with Crippen LogP contribution >= 0.6 is 0 Å².